The molecular formula is C29H29F3N4O2. The largest absolute Gasteiger partial charge is 0.466 e. The van der Waals surface area contributed by atoms with Gasteiger partial charge in [-0.25, -0.2) is 4.68 Å². The number of hydrogen-bond donors (Lipinski definition) is 1. The summed E-state index contributed by atoms with van der Waals surface area (Å²) < 4.78 is 45.5. The Morgan fingerprint density at radius 1 is 0.921 bits per heavy atom. The number of halogens is 3. The smallest absolute Gasteiger partial charge is 0.416 e. The summed E-state index contributed by atoms with van der Waals surface area (Å²) in [7, 11) is 1.41. The maximum atomic E-state index is 13.0. The lowest BCUT2D eigenvalue weighted by molar-refractivity contribution is -0.137. The molecule has 0 aliphatic rings. The number of benzene rings is 3. The summed E-state index contributed by atoms with van der Waals surface area (Å²) in [6.07, 6.45) is 1.37. The Morgan fingerprint density at radius 3 is 2.21 bits per heavy atom. The van der Waals surface area contributed by atoms with Crippen LogP contribution < -0.4 is 10.1 Å². The minimum Gasteiger partial charge on any atom is -0.466 e. The molecule has 38 heavy (non-hydrogen) atoms. The second kappa shape index (κ2) is 11.9. The van der Waals surface area contributed by atoms with Crippen LogP contribution in [-0.4, -0.2) is 27.8 Å². The van der Waals surface area contributed by atoms with Gasteiger partial charge in [-0.05, 0) is 66.9 Å². The van der Waals surface area contributed by atoms with Crippen molar-refractivity contribution >= 4 is 11.6 Å². The Balaban J connectivity index is 1.46. The third-order valence-corrected chi connectivity index (χ3v) is 6.15. The molecule has 0 atom stereocenters. The number of carbonyl (C=O) groups is 1. The normalized spacial score (nSPS) is 11.4. The van der Waals surface area contributed by atoms with Crippen molar-refractivity contribution in [3.8, 4) is 23.1 Å². The third-order valence-electron chi connectivity index (χ3n) is 6.15. The van der Waals surface area contributed by atoms with E-state index in [0.29, 0.717) is 28.3 Å². The molecule has 198 valence electrons. The third kappa shape index (κ3) is 6.59. The summed E-state index contributed by atoms with van der Waals surface area (Å²) in [4.78, 5) is 17.0. The molecule has 0 saturated heterocycles. The highest BCUT2D eigenvalue weighted by atomic mass is 19.4. The fourth-order valence-electron chi connectivity index (χ4n) is 4.02. The highest BCUT2D eigenvalue weighted by molar-refractivity contribution is 6.04. The number of nitrogens with one attached hydrogen (secondary N) is 1. The zero-order valence-corrected chi connectivity index (χ0v) is 21.3. The number of methoxy groups -OCH3 is 1. The number of hydrogen-bond acceptors (Lipinski definition) is 4. The lowest BCUT2D eigenvalue weighted by atomic mass is 10.0. The van der Waals surface area contributed by atoms with Crippen LogP contribution in [-0.2, 0) is 12.6 Å². The van der Waals surface area contributed by atoms with Crippen LogP contribution in [0.2, 0.25) is 0 Å². The topological polar surface area (TPSA) is 69.0 Å². The molecule has 0 unspecified atom stereocenters. The fourth-order valence-corrected chi connectivity index (χ4v) is 4.02. The Hall–Kier alpha value is -4.14. The van der Waals surface area contributed by atoms with E-state index in [-0.39, 0.29) is 11.9 Å². The van der Waals surface area contributed by atoms with Gasteiger partial charge in [-0.15, -0.1) is 5.10 Å². The standard InChI is InChI=1S/C29H29F3N4O2/c1-3-4-5-6-7-20-8-10-22(11-9-20)27(37)33-24-16-18-25(19-17-24)36-26(34-28(35-36)38-2)21-12-14-23(15-13-21)29(30,31)32/h8-19H,3-7H2,1-2H3,(H,33,37). The average Bonchev–Trinajstić information content (AvgIpc) is 3.36. The van der Waals surface area contributed by atoms with Crippen molar-refractivity contribution < 1.29 is 22.7 Å². The summed E-state index contributed by atoms with van der Waals surface area (Å²) >= 11 is 0. The van der Waals surface area contributed by atoms with Crippen LogP contribution in [0.4, 0.5) is 18.9 Å². The van der Waals surface area contributed by atoms with Crippen molar-refractivity contribution in [2.45, 2.75) is 45.2 Å². The van der Waals surface area contributed by atoms with Crippen LogP contribution in [0, 0.1) is 0 Å². The summed E-state index contributed by atoms with van der Waals surface area (Å²) in [6.45, 7) is 2.19. The fraction of sp³-hybridized carbons (Fsp3) is 0.276. The average molecular weight is 523 g/mol. The zero-order valence-electron chi connectivity index (χ0n) is 21.3. The summed E-state index contributed by atoms with van der Waals surface area (Å²) in [5, 5.41) is 7.18. The summed E-state index contributed by atoms with van der Waals surface area (Å²) in [6, 6.07) is 19.3. The first-order chi connectivity index (χ1) is 18.3. The van der Waals surface area contributed by atoms with Gasteiger partial charge in [0.05, 0.1) is 18.4 Å². The number of nitrogens with zero attached hydrogens (tertiary/aromatic N) is 3. The van der Waals surface area contributed by atoms with E-state index >= 15 is 0 Å². The lowest BCUT2D eigenvalue weighted by Crippen LogP contribution is -2.12. The quantitative estimate of drug-likeness (QED) is 0.221. The van der Waals surface area contributed by atoms with E-state index < -0.39 is 11.7 Å². The van der Waals surface area contributed by atoms with E-state index in [2.05, 4.69) is 22.3 Å². The maximum Gasteiger partial charge on any atom is 0.416 e. The van der Waals surface area contributed by atoms with Gasteiger partial charge in [-0.2, -0.15) is 18.2 Å². The molecule has 4 aromatic rings. The van der Waals surface area contributed by atoms with E-state index in [4.69, 9.17) is 4.74 Å². The second-order valence-corrected chi connectivity index (χ2v) is 8.92. The number of rotatable bonds is 10. The van der Waals surface area contributed by atoms with E-state index in [1.807, 2.05) is 24.3 Å². The van der Waals surface area contributed by atoms with E-state index in [9.17, 15) is 18.0 Å². The number of carbonyl (C=O) groups excluding carboxylic acids is 1. The lowest BCUT2D eigenvalue weighted by Gasteiger charge is -2.10. The highest BCUT2D eigenvalue weighted by Gasteiger charge is 2.30. The maximum absolute atomic E-state index is 13.0. The molecule has 0 fully saturated rings. The molecule has 0 bridgehead atoms. The van der Waals surface area contributed by atoms with Crippen molar-refractivity contribution in [3.63, 3.8) is 0 Å². The van der Waals surface area contributed by atoms with Crippen LogP contribution >= 0.6 is 0 Å². The van der Waals surface area contributed by atoms with Gasteiger partial charge in [0.25, 0.3) is 5.91 Å². The molecule has 4 rings (SSSR count). The molecule has 1 heterocycles. The van der Waals surface area contributed by atoms with Gasteiger partial charge >= 0.3 is 12.2 Å². The molecule has 0 radical (unpaired) electrons. The predicted octanol–water partition coefficient (Wildman–Crippen LogP) is 7.34. The summed E-state index contributed by atoms with van der Waals surface area (Å²) in [5.74, 6) is 0.102. The van der Waals surface area contributed by atoms with Gasteiger partial charge in [-0.3, -0.25) is 4.79 Å². The van der Waals surface area contributed by atoms with Crippen molar-refractivity contribution in [1.82, 2.24) is 14.8 Å². The van der Waals surface area contributed by atoms with Crippen LogP contribution in [0.3, 0.4) is 0 Å². The molecule has 0 aliphatic carbocycles. The highest BCUT2D eigenvalue weighted by Crippen LogP contribution is 2.31. The first-order valence-electron chi connectivity index (χ1n) is 12.5. The van der Waals surface area contributed by atoms with Gasteiger partial charge in [0.15, 0.2) is 5.82 Å². The van der Waals surface area contributed by atoms with Crippen LogP contribution in [0.15, 0.2) is 72.8 Å². The number of amides is 1. The van der Waals surface area contributed by atoms with Crippen molar-refractivity contribution in [3.05, 3.63) is 89.5 Å². The number of ether oxygens (including phenoxy) is 1. The van der Waals surface area contributed by atoms with Gasteiger partial charge in [-0.1, -0.05) is 50.5 Å². The predicted molar refractivity (Wildman–Crippen MR) is 141 cm³/mol. The molecule has 1 aromatic heterocycles. The molecule has 1 N–H and O–H groups in total. The van der Waals surface area contributed by atoms with Gasteiger partial charge < -0.3 is 10.1 Å². The minimum absolute atomic E-state index is 0.0751. The zero-order chi connectivity index (χ0) is 27.1. The first kappa shape index (κ1) is 26.9. The molecule has 6 nitrogen and oxygen atoms in total. The van der Waals surface area contributed by atoms with Gasteiger partial charge in [0.2, 0.25) is 0 Å². The van der Waals surface area contributed by atoms with Crippen LogP contribution in [0.25, 0.3) is 17.1 Å². The number of aromatic nitrogens is 3. The van der Waals surface area contributed by atoms with E-state index in [0.717, 1.165) is 25.0 Å². The minimum atomic E-state index is -4.43. The first-order valence-corrected chi connectivity index (χ1v) is 12.5. The van der Waals surface area contributed by atoms with Crippen molar-refractivity contribution in [2.24, 2.45) is 0 Å². The SMILES string of the molecule is CCCCCCc1ccc(C(=O)Nc2ccc(-n3nc(OC)nc3-c3ccc(C(F)(F)F)cc3)cc2)cc1. The summed E-state index contributed by atoms with van der Waals surface area (Å²) in [5.41, 5.74) is 2.67. The van der Waals surface area contributed by atoms with Crippen LogP contribution in [0.1, 0.15) is 54.1 Å². The Kier molecular flexibility index (Phi) is 8.45. The van der Waals surface area contributed by atoms with E-state index in [1.54, 1.807) is 24.3 Å². The van der Waals surface area contributed by atoms with E-state index in [1.165, 1.54) is 48.8 Å². The molecule has 0 saturated carbocycles. The second-order valence-electron chi connectivity index (χ2n) is 8.92. The van der Waals surface area contributed by atoms with Gasteiger partial charge in [0, 0.05) is 16.8 Å². The molecule has 3 aromatic carbocycles. The number of alkyl halides is 3. The van der Waals surface area contributed by atoms with Gasteiger partial charge in [0.1, 0.15) is 0 Å². The number of aryl methyl sites for hydroxylation is 1. The molecule has 9 heteroatoms. The number of anilines is 1. The Morgan fingerprint density at radius 2 is 1.61 bits per heavy atom. The molecular weight excluding hydrogens is 493 g/mol. The van der Waals surface area contributed by atoms with Crippen molar-refractivity contribution in [1.29, 1.82) is 0 Å². The monoisotopic (exact) mass is 522 g/mol. The molecule has 0 aliphatic heterocycles. The molecule has 1 amide bonds. The number of unbranched alkanes of at least 4 members (excludes halogenated alkanes) is 3. The Labute approximate surface area is 219 Å². The Bertz CT molecular complexity index is 1350. The molecule has 0 spiro atoms. The van der Waals surface area contributed by atoms with Crippen molar-refractivity contribution in [2.75, 3.05) is 12.4 Å². The van der Waals surface area contributed by atoms with Crippen LogP contribution in [0.5, 0.6) is 6.01 Å².